The van der Waals surface area contributed by atoms with Gasteiger partial charge in [-0.3, -0.25) is 4.79 Å². The number of likely N-dealkylation sites (tertiary alicyclic amines) is 1. The molecule has 2 aliphatic heterocycles. The molecule has 2 aliphatic rings. The van der Waals surface area contributed by atoms with E-state index in [-0.39, 0.29) is 23.1 Å². The first-order chi connectivity index (χ1) is 18.8. The lowest BCUT2D eigenvalue weighted by molar-refractivity contribution is 0.0204. The number of carboxylic acids is 1. The van der Waals surface area contributed by atoms with Crippen LogP contribution < -0.4 is 15.4 Å². The Balaban J connectivity index is 1.59. The van der Waals surface area contributed by atoms with E-state index in [2.05, 4.69) is 21.9 Å². The molecular formula is C31H38N4O5. The third-order valence-electron chi connectivity index (χ3n) is 8.02. The Kier molecular flexibility index (Phi) is 7.02. The SMILES string of the molecule is Cc1cc2c(N3CCN(C)c4ccc(C(=O)O)cc43)cc(C3CCN(C(=O)OC(C)(C)C)CC3)cc2n(C)c1=O. The van der Waals surface area contributed by atoms with Crippen LogP contribution in [0.3, 0.4) is 0 Å². The van der Waals surface area contributed by atoms with E-state index in [0.717, 1.165) is 52.9 Å². The molecule has 0 spiro atoms. The number of hydrogen-bond acceptors (Lipinski definition) is 6. The molecule has 9 heteroatoms. The molecule has 1 amide bonds. The number of nitrogens with zero attached hydrogens (tertiary/aromatic N) is 4. The molecule has 1 saturated heterocycles. The van der Waals surface area contributed by atoms with Crippen LogP contribution in [-0.2, 0) is 11.8 Å². The predicted octanol–water partition coefficient (Wildman–Crippen LogP) is 5.25. The van der Waals surface area contributed by atoms with Gasteiger partial charge in [-0.25, -0.2) is 9.59 Å². The lowest BCUT2D eigenvalue weighted by Gasteiger charge is -2.38. The van der Waals surface area contributed by atoms with E-state index in [1.54, 1.807) is 28.6 Å². The van der Waals surface area contributed by atoms with Gasteiger partial charge in [0.2, 0.25) is 0 Å². The van der Waals surface area contributed by atoms with E-state index in [1.165, 1.54) is 0 Å². The van der Waals surface area contributed by atoms with Crippen molar-refractivity contribution in [2.75, 3.05) is 43.0 Å². The quantitative estimate of drug-likeness (QED) is 0.480. The molecule has 2 aromatic carbocycles. The highest BCUT2D eigenvalue weighted by Crippen LogP contribution is 2.43. The number of carbonyl (C=O) groups is 2. The summed E-state index contributed by atoms with van der Waals surface area (Å²) in [5, 5.41) is 10.7. The van der Waals surface area contributed by atoms with Crippen molar-refractivity contribution in [2.24, 2.45) is 7.05 Å². The zero-order valence-electron chi connectivity index (χ0n) is 24.2. The van der Waals surface area contributed by atoms with Crippen LogP contribution in [0, 0.1) is 6.92 Å². The van der Waals surface area contributed by atoms with Gasteiger partial charge in [0.05, 0.1) is 28.1 Å². The number of piperidine rings is 1. The van der Waals surface area contributed by atoms with Gasteiger partial charge >= 0.3 is 12.1 Å². The van der Waals surface area contributed by atoms with Crippen LogP contribution >= 0.6 is 0 Å². The van der Waals surface area contributed by atoms with Crippen LogP contribution in [-0.4, -0.2) is 65.5 Å². The maximum Gasteiger partial charge on any atom is 0.410 e. The standard InChI is InChI=1S/C31H38N4O5/c1-19-15-23-25(33(6)28(19)36)17-22(20-9-11-34(12-10-20)30(39)40-31(2,3)4)18-26(23)35-14-13-32(5)24-8-7-21(29(37)38)16-27(24)35/h7-8,15-18,20H,9-14H2,1-6H3,(H,37,38). The van der Waals surface area contributed by atoms with E-state index < -0.39 is 11.6 Å². The fourth-order valence-corrected chi connectivity index (χ4v) is 5.84. The number of aromatic nitrogens is 1. The molecule has 1 fully saturated rings. The highest BCUT2D eigenvalue weighted by Gasteiger charge is 2.30. The van der Waals surface area contributed by atoms with Crippen molar-refractivity contribution in [3.63, 3.8) is 0 Å². The normalized spacial score (nSPS) is 16.3. The van der Waals surface area contributed by atoms with Gasteiger partial charge in [-0.1, -0.05) is 0 Å². The molecule has 5 rings (SSSR count). The van der Waals surface area contributed by atoms with E-state index in [0.29, 0.717) is 25.2 Å². The Labute approximate surface area is 234 Å². The molecule has 0 aliphatic carbocycles. The number of hydrogen-bond donors (Lipinski definition) is 1. The van der Waals surface area contributed by atoms with Crippen molar-refractivity contribution < 1.29 is 19.4 Å². The number of anilines is 3. The summed E-state index contributed by atoms with van der Waals surface area (Å²) >= 11 is 0. The molecule has 0 radical (unpaired) electrons. The van der Waals surface area contributed by atoms with Gasteiger partial charge < -0.3 is 29.1 Å². The van der Waals surface area contributed by atoms with E-state index in [4.69, 9.17) is 4.74 Å². The first-order valence-corrected chi connectivity index (χ1v) is 13.8. The molecule has 0 saturated carbocycles. The lowest BCUT2D eigenvalue weighted by atomic mass is 9.88. The number of aromatic carboxylic acids is 1. The van der Waals surface area contributed by atoms with Crippen molar-refractivity contribution >= 4 is 40.0 Å². The summed E-state index contributed by atoms with van der Waals surface area (Å²) in [5.41, 5.74) is 5.01. The van der Waals surface area contributed by atoms with Gasteiger partial charge in [0, 0.05) is 51.2 Å². The number of benzene rings is 2. The maximum absolute atomic E-state index is 13.0. The monoisotopic (exact) mass is 546 g/mol. The van der Waals surface area contributed by atoms with E-state index >= 15 is 0 Å². The number of carbonyl (C=O) groups excluding carboxylic acids is 1. The summed E-state index contributed by atoms with van der Waals surface area (Å²) in [6.45, 7) is 10.1. The summed E-state index contributed by atoms with van der Waals surface area (Å²) in [5.74, 6) is -0.764. The van der Waals surface area contributed by atoms with Crippen LogP contribution in [0.4, 0.5) is 21.9 Å². The van der Waals surface area contributed by atoms with Gasteiger partial charge in [-0.2, -0.15) is 0 Å². The summed E-state index contributed by atoms with van der Waals surface area (Å²) in [4.78, 5) is 43.6. The second-order valence-corrected chi connectivity index (χ2v) is 12.0. The summed E-state index contributed by atoms with van der Waals surface area (Å²) in [7, 11) is 3.81. The molecular weight excluding hydrogens is 508 g/mol. The number of pyridine rings is 1. The molecule has 1 N–H and O–H groups in total. The van der Waals surface area contributed by atoms with Crippen LogP contribution in [0.15, 0.2) is 41.2 Å². The largest absolute Gasteiger partial charge is 0.478 e. The number of fused-ring (bicyclic) bond motifs is 2. The second-order valence-electron chi connectivity index (χ2n) is 12.0. The first-order valence-electron chi connectivity index (χ1n) is 13.8. The van der Waals surface area contributed by atoms with Crippen molar-refractivity contribution in [3.05, 3.63) is 63.4 Å². The third-order valence-corrected chi connectivity index (χ3v) is 8.02. The van der Waals surface area contributed by atoms with Gasteiger partial charge in [0.15, 0.2) is 0 Å². The summed E-state index contributed by atoms with van der Waals surface area (Å²) in [6, 6.07) is 11.5. The topological polar surface area (TPSA) is 95.3 Å². The Morgan fingerprint density at radius 2 is 1.62 bits per heavy atom. The predicted molar refractivity (Wildman–Crippen MR) is 157 cm³/mol. The zero-order valence-corrected chi connectivity index (χ0v) is 24.2. The maximum atomic E-state index is 13.0. The van der Waals surface area contributed by atoms with Crippen LogP contribution in [0.25, 0.3) is 10.9 Å². The van der Waals surface area contributed by atoms with Crippen LogP contribution in [0.1, 0.15) is 61.0 Å². The molecule has 212 valence electrons. The van der Waals surface area contributed by atoms with E-state index in [1.807, 2.05) is 46.9 Å². The molecule has 0 unspecified atom stereocenters. The Bertz CT molecular complexity index is 1550. The van der Waals surface area contributed by atoms with E-state index in [9.17, 15) is 19.5 Å². The highest BCUT2D eigenvalue weighted by molar-refractivity contribution is 5.99. The molecule has 40 heavy (non-hydrogen) atoms. The fourth-order valence-electron chi connectivity index (χ4n) is 5.84. The number of ether oxygens (including phenoxy) is 1. The average Bonchev–Trinajstić information content (AvgIpc) is 2.91. The highest BCUT2D eigenvalue weighted by atomic mass is 16.6. The van der Waals surface area contributed by atoms with Gasteiger partial charge in [0.25, 0.3) is 5.56 Å². The molecule has 1 aromatic heterocycles. The van der Waals surface area contributed by atoms with Crippen LogP contribution in [0.5, 0.6) is 0 Å². The fraction of sp³-hybridized carbons (Fsp3) is 0.452. The Hall–Kier alpha value is -4.01. The van der Waals surface area contributed by atoms with Gasteiger partial charge in [-0.15, -0.1) is 0 Å². The minimum Gasteiger partial charge on any atom is -0.478 e. The minimum atomic E-state index is -0.968. The van der Waals surface area contributed by atoms with Gasteiger partial charge in [0.1, 0.15) is 5.60 Å². The Morgan fingerprint density at radius 3 is 2.27 bits per heavy atom. The van der Waals surface area contributed by atoms with Crippen LogP contribution in [0.2, 0.25) is 0 Å². The van der Waals surface area contributed by atoms with Gasteiger partial charge in [-0.05, 0) is 88.4 Å². The molecule has 0 atom stereocenters. The summed E-state index contributed by atoms with van der Waals surface area (Å²) in [6.07, 6.45) is 1.28. The smallest absolute Gasteiger partial charge is 0.410 e. The summed E-state index contributed by atoms with van der Waals surface area (Å²) < 4.78 is 7.29. The molecule has 3 heterocycles. The van der Waals surface area contributed by atoms with Crippen molar-refractivity contribution in [1.82, 2.24) is 9.47 Å². The number of rotatable bonds is 3. The number of carboxylic acid groups (broad SMARTS) is 1. The molecule has 3 aromatic rings. The molecule has 9 nitrogen and oxygen atoms in total. The zero-order chi connectivity index (χ0) is 28.9. The number of likely N-dealkylation sites (N-methyl/N-ethyl adjacent to an activating group) is 1. The Morgan fingerprint density at radius 1 is 0.925 bits per heavy atom. The minimum absolute atomic E-state index is 0.0395. The van der Waals surface area contributed by atoms with Crippen molar-refractivity contribution in [3.8, 4) is 0 Å². The lowest BCUT2D eigenvalue weighted by Crippen LogP contribution is -2.41. The molecule has 0 bridgehead atoms. The first kappa shape index (κ1) is 27.6. The number of aryl methyl sites for hydroxylation is 2. The number of amides is 1. The average molecular weight is 547 g/mol. The van der Waals surface area contributed by atoms with Crippen molar-refractivity contribution in [2.45, 2.75) is 52.1 Å². The second kappa shape index (κ2) is 10.2. The van der Waals surface area contributed by atoms with Crippen molar-refractivity contribution in [1.29, 1.82) is 0 Å². The third kappa shape index (κ3) is 5.12.